The summed E-state index contributed by atoms with van der Waals surface area (Å²) in [7, 11) is 0. The summed E-state index contributed by atoms with van der Waals surface area (Å²) in [6.45, 7) is 6.33. The van der Waals surface area contributed by atoms with E-state index in [-0.39, 0.29) is 41.2 Å². The van der Waals surface area contributed by atoms with E-state index in [9.17, 15) is 27.6 Å². The van der Waals surface area contributed by atoms with Gasteiger partial charge in [0.2, 0.25) is 11.8 Å². The number of nitrogens with one attached hydrogen (secondary N) is 2. The molecule has 1 atom stereocenters. The normalized spacial score (nSPS) is 21.0. The average molecular weight is 741 g/mol. The minimum absolute atomic E-state index is 0.0162. The number of nitrogens with zero attached hydrogens (tertiary/aromatic N) is 4. The van der Waals surface area contributed by atoms with Gasteiger partial charge in [0.25, 0.3) is 0 Å². The Bertz CT molecular complexity index is 1470. The number of likely N-dealkylation sites (tertiary alicyclic amines) is 2. The van der Waals surface area contributed by atoms with E-state index >= 15 is 0 Å². The average Bonchev–Trinajstić information content (AvgIpc) is 3.52. The van der Waals surface area contributed by atoms with Crippen molar-refractivity contribution in [2.45, 2.75) is 63.3 Å². The lowest BCUT2D eigenvalue weighted by Gasteiger charge is -2.41. The zero-order valence-corrected chi connectivity index (χ0v) is 28.6. The highest BCUT2D eigenvalue weighted by Gasteiger charge is 2.38. The fraction of sp³-hybridized carbons (Fsp3) is 0.594. The standard InChI is InChI=1S/C32H41BrF3N7O3S/c33-26-17-20(16-25(28(26)37)32(34,35)36)15-22(30(45)42-10-1-23(2-11-42)40-12-6-38-7-13-40)18-27(44)41-8-3-24(4-9-41)43-19-21-5-14-47-29(21)39-31(43)46/h5,14,16-17,22-24,38H,1-4,6-13,15,18-19,37H2,(H,39,46)/t22-/m0/s1. The van der Waals surface area contributed by atoms with Gasteiger partial charge in [0.15, 0.2) is 0 Å². The topological polar surface area (TPSA) is 114 Å². The lowest BCUT2D eigenvalue weighted by Crippen LogP contribution is -2.53. The van der Waals surface area contributed by atoms with Crippen molar-refractivity contribution in [2.75, 3.05) is 63.4 Å². The van der Waals surface area contributed by atoms with Gasteiger partial charge in [-0.2, -0.15) is 13.2 Å². The molecule has 10 nitrogen and oxygen atoms in total. The second-order valence-corrected chi connectivity index (χ2v) is 14.7. The molecule has 4 amide bonds. The van der Waals surface area contributed by atoms with Gasteiger partial charge in [-0.05, 0) is 77.2 Å². The molecule has 2 aromatic rings. The maximum absolute atomic E-state index is 14.0. The van der Waals surface area contributed by atoms with Crippen molar-refractivity contribution in [3.63, 3.8) is 0 Å². The highest BCUT2D eigenvalue weighted by Crippen LogP contribution is 2.39. The highest BCUT2D eigenvalue weighted by atomic mass is 79.9. The third-order valence-corrected chi connectivity index (χ3v) is 11.5. The zero-order chi connectivity index (χ0) is 33.3. The van der Waals surface area contributed by atoms with E-state index in [1.54, 1.807) is 9.80 Å². The number of hydrogen-bond donors (Lipinski definition) is 3. The van der Waals surface area contributed by atoms with Crippen LogP contribution in [0.1, 0.15) is 48.8 Å². The number of piperidine rings is 2. The first-order valence-electron chi connectivity index (χ1n) is 16.3. The van der Waals surface area contributed by atoms with Gasteiger partial charge in [-0.25, -0.2) is 4.79 Å². The molecule has 4 aliphatic heterocycles. The van der Waals surface area contributed by atoms with E-state index < -0.39 is 23.3 Å². The molecule has 6 rings (SSSR count). The number of halogens is 4. The van der Waals surface area contributed by atoms with Crippen LogP contribution in [0.2, 0.25) is 0 Å². The predicted octanol–water partition coefficient (Wildman–Crippen LogP) is 4.60. The molecule has 47 heavy (non-hydrogen) atoms. The van der Waals surface area contributed by atoms with Crippen LogP contribution in [0.4, 0.5) is 28.7 Å². The molecule has 1 aromatic carbocycles. The minimum atomic E-state index is -4.66. The number of anilines is 2. The number of hydrogen-bond acceptors (Lipinski definition) is 7. The number of benzene rings is 1. The predicted molar refractivity (Wildman–Crippen MR) is 178 cm³/mol. The number of amides is 4. The summed E-state index contributed by atoms with van der Waals surface area (Å²) < 4.78 is 41.5. The molecule has 0 bridgehead atoms. The quantitative estimate of drug-likeness (QED) is 0.358. The molecule has 3 fully saturated rings. The van der Waals surface area contributed by atoms with Gasteiger partial charge in [0, 0.05) is 80.9 Å². The van der Waals surface area contributed by atoms with E-state index in [4.69, 9.17) is 5.73 Å². The Hall–Kier alpha value is -2.88. The van der Waals surface area contributed by atoms with Crippen molar-refractivity contribution in [1.82, 2.24) is 24.9 Å². The van der Waals surface area contributed by atoms with Crippen LogP contribution in [0.15, 0.2) is 28.1 Å². The maximum Gasteiger partial charge on any atom is 0.418 e. The second kappa shape index (κ2) is 14.3. The monoisotopic (exact) mass is 739 g/mol. The zero-order valence-electron chi connectivity index (χ0n) is 26.2. The van der Waals surface area contributed by atoms with E-state index in [0.717, 1.165) is 55.7 Å². The molecular weight excluding hydrogens is 699 g/mol. The smallest absolute Gasteiger partial charge is 0.397 e. The molecule has 0 spiro atoms. The first kappa shape index (κ1) is 34.0. The Morgan fingerprint density at radius 3 is 2.34 bits per heavy atom. The minimum Gasteiger partial charge on any atom is -0.397 e. The molecule has 0 radical (unpaired) electrons. The summed E-state index contributed by atoms with van der Waals surface area (Å²) in [5, 5.41) is 9.14. The summed E-state index contributed by atoms with van der Waals surface area (Å²) in [5.74, 6) is -1.23. The van der Waals surface area contributed by atoms with Gasteiger partial charge in [-0.3, -0.25) is 19.8 Å². The van der Waals surface area contributed by atoms with Crippen LogP contribution in [0.5, 0.6) is 0 Å². The molecule has 256 valence electrons. The van der Waals surface area contributed by atoms with Gasteiger partial charge in [-0.1, -0.05) is 0 Å². The van der Waals surface area contributed by atoms with Gasteiger partial charge < -0.3 is 25.8 Å². The number of urea groups is 1. The van der Waals surface area contributed by atoms with E-state index in [0.29, 0.717) is 57.2 Å². The van der Waals surface area contributed by atoms with Crippen LogP contribution in [0.3, 0.4) is 0 Å². The van der Waals surface area contributed by atoms with Crippen LogP contribution in [-0.2, 0) is 28.7 Å². The van der Waals surface area contributed by atoms with Gasteiger partial charge in [0.1, 0.15) is 5.00 Å². The summed E-state index contributed by atoms with van der Waals surface area (Å²) in [6.07, 6.45) is -1.92. The number of fused-ring (bicyclic) bond motifs is 1. The van der Waals surface area contributed by atoms with Crippen LogP contribution in [0, 0.1) is 5.92 Å². The Morgan fingerprint density at radius 2 is 1.66 bits per heavy atom. The van der Waals surface area contributed by atoms with Crippen molar-refractivity contribution in [1.29, 1.82) is 0 Å². The summed E-state index contributed by atoms with van der Waals surface area (Å²) in [4.78, 5) is 48.3. The molecule has 4 N–H and O–H groups in total. The number of thiophene rings is 1. The molecular formula is C32H41BrF3N7O3S. The second-order valence-electron chi connectivity index (χ2n) is 12.9. The SMILES string of the molecule is Nc1c(Br)cc(C[C@@H](CC(=O)N2CCC(N3Cc4ccsc4NC3=O)CC2)C(=O)N2CCC(N3CCNCC3)CC2)cc1C(F)(F)F. The summed E-state index contributed by atoms with van der Waals surface area (Å²) in [6, 6.07) is 4.75. The molecule has 0 aliphatic carbocycles. The van der Waals surface area contributed by atoms with Crippen molar-refractivity contribution in [3.05, 3.63) is 44.7 Å². The fourth-order valence-electron chi connectivity index (χ4n) is 7.37. The Balaban J connectivity index is 1.13. The van der Waals surface area contributed by atoms with Crippen molar-refractivity contribution in [2.24, 2.45) is 5.92 Å². The Morgan fingerprint density at radius 1 is 1.00 bits per heavy atom. The molecule has 4 aliphatic rings. The van der Waals surface area contributed by atoms with Gasteiger partial charge in [0.05, 0.1) is 23.7 Å². The van der Waals surface area contributed by atoms with Crippen LogP contribution in [-0.4, -0.2) is 102 Å². The third kappa shape index (κ3) is 7.73. The Labute approximate surface area is 284 Å². The molecule has 3 saturated heterocycles. The highest BCUT2D eigenvalue weighted by molar-refractivity contribution is 9.10. The molecule has 15 heteroatoms. The first-order valence-corrected chi connectivity index (χ1v) is 18.0. The maximum atomic E-state index is 14.0. The van der Waals surface area contributed by atoms with Crippen molar-refractivity contribution in [3.8, 4) is 0 Å². The van der Waals surface area contributed by atoms with E-state index in [1.165, 1.54) is 17.4 Å². The molecule has 0 saturated carbocycles. The number of nitrogens with two attached hydrogens (primary N) is 1. The van der Waals surface area contributed by atoms with Crippen molar-refractivity contribution >= 4 is 55.8 Å². The molecule has 0 unspecified atom stereocenters. The molecule has 1 aromatic heterocycles. The number of carbonyl (C=O) groups is 3. The van der Waals surface area contributed by atoms with Gasteiger partial charge in [-0.15, -0.1) is 11.3 Å². The third-order valence-electron chi connectivity index (χ3n) is 10.0. The largest absolute Gasteiger partial charge is 0.418 e. The van der Waals surface area contributed by atoms with E-state index in [1.807, 2.05) is 16.3 Å². The Kier molecular flexibility index (Phi) is 10.4. The summed E-state index contributed by atoms with van der Waals surface area (Å²) in [5.41, 5.74) is 5.75. The summed E-state index contributed by atoms with van der Waals surface area (Å²) >= 11 is 4.66. The number of alkyl halides is 3. The molecule has 5 heterocycles. The van der Waals surface area contributed by atoms with Crippen LogP contribution in [0.25, 0.3) is 0 Å². The van der Waals surface area contributed by atoms with Crippen molar-refractivity contribution < 1.29 is 27.6 Å². The van der Waals surface area contributed by atoms with Crippen LogP contribution < -0.4 is 16.4 Å². The number of carbonyl (C=O) groups excluding carboxylic acids is 3. The lowest BCUT2D eigenvalue weighted by molar-refractivity contribution is -0.143. The van der Waals surface area contributed by atoms with Crippen LogP contribution >= 0.6 is 27.3 Å². The van der Waals surface area contributed by atoms with Gasteiger partial charge >= 0.3 is 12.2 Å². The number of rotatable bonds is 7. The number of piperazine rings is 1. The first-order chi connectivity index (χ1) is 22.5. The fourth-order valence-corrected chi connectivity index (χ4v) is 8.68. The lowest BCUT2D eigenvalue weighted by atomic mass is 9.91. The number of nitrogen functional groups attached to an aromatic ring is 1. The van der Waals surface area contributed by atoms with E-state index in [2.05, 4.69) is 31.5 Å².